The van der Waals surface area contributed by atoms with Crippen molar-refractivity contribution < 1.29 is 119 Å². The van der Waals surface area contributed by atoms with E-state index in [9.17, 15) is 48.5 Å². The summed E-state index contributed by atoms with van der Waals surface area (Å²) in [4.78, 5) is 247. The highest BCUT2D eigenvalue weighted by Crippen LogP contribution is 2.29. The van der Waals surface area contributed by atoms with Crippen LogP contribution in [0.15, 0.2) is 152 Å². The number of aliphatic hydroxyl groups excluding tert-OH is 1. The number of fused-ring (bicyclic) bond motifs is 3. The van der Waals surface area contributed by atoms with Gasteiger partial charge in [-0.25, -0.2) is 13.2 Å². The number of para-hydroxylation sites is 1. The minimum absolute atomic E-state index is 0.0252. The average Bonchev–Trinajstić information content (AvgIpc) is 1.63. The van der Waals surface area contributed by atoms with Crippen molar-refractivity contribution in [3.05, 3.63) is 203 Å². The van der Waals surface area contributed by atoms with Crippen LogP contribution in [0.3, 0.4) is 0 Å². The minimum Gasteiger partial charge on any atom is -0.508 e. The van der Waals surface area contributed by atoms with Crippen LogP contribution in [0.1, 0.15) is 86.3 Å². The van der Waals surface area contributed by atoms with E-state index >= 15 is 56.7 Å². The number of aromatic nitrogens is 1. The number of benzene rings is 6. The molecule has 740 valence electrons. The molecular formula is C96H117F3N16O22S. The average molecular weight is 1940 g/mol. The summed E-state index contributed by atoms with van der Waals surface area (Å²) in [6.45, 7) is 1.39. The number of nitrogens with two attached hydrogens (primary N) is 1. The second-order valence-electron chi connectivity index (χ2n) is 34.4. The van der Waals surface area contributed by atoms with Gasteiger partial charge < -0.3 is 113 Å². The first-order valence-corrected chi connectivity index (χ1v) is 46.2. The molecule has 7 aromatic rings. The number of hydrogen-bond donors (Lipinski definition) is 14. The lowest BCUT2D eigenvalue weighted by Crippen LogP contribution is -2.64. The highest BCUT2D eigenvalue weighted by atomic mass is 32.2. The molecule has 15 N–H and O–H groups in total. The number of rotatable bonds is 25. The number of amides is 15. The van der Waals surface area contributed by atoms with Crippen LogP contribution in [0, 0.1) is 23.4 Å². The molecular weight excluding hydrogens is 1820 g/mol. The topological polar surface area (TPSA) is 528 Å². The Hall–Kier alpha value is -14.0. The minimum atomic E-state index is -1.91. The Labute approximate surface area is 798 Å². The van der Waals surface area contributed by atoms with Crippen molar-refractivity contribution in [2.45, 2.75) is 176 Å². The molecule has 0 bridgehead atoms. The zero-order chi connectivity index (χ0) is 100. The number of phenolic OH excluding ortho intramolecular Hbond substituents is 2. The quantitative estimate of drug-likeness (QED) is 0.0277. The zero-order valence-corrected chi connectivity index (χ0v) is 78.1. The lowest BCUT2D eigenvalue weighted by atomic mass is 9.98. The third kappa shape index (κ3) is 29.0. The van der Waals surface area contributed by atoms with Gasteiger partial charge >= 0.3 is 0 Å². The van der Waals surface area contributed by atoms with Crippen molar-refractivity contribution >= 4 is 118 Å². The fourth-order valence-corrected chi connectivity index (χ4v) is 17.4. The Bertz CT molecular complexity index is 5460. The molecule has 3 fully saturated rings. The van der Waals surface area contributed by atoms with E-state index in [4.69, 9.17) is 19.9 Å². The molecule has 138 heavy (non-hydrogen) atoms. The number of methoxy groups -OCH3 is 1. The summed E-state index contributed by atoms with van der Waals surface area (Å²) in [7, 11) is 4.96. The van der Waals surface area contributed by atoms with Crippen LogP contribution in [-0.4, -0.2) is 310 Å². The molecule has 6 aromatic carbocycles. The van der Waals surface area contributed by atoms with Gasteiger partial charge in [-0.2, -0.15) is 0 Å². The number of aromatic amines is 1. The molecule has 42 heteroatoms. The van der Waals surface area contributed by atoms with Gasteiger partial charge in [0, 0.05) is 116 Å². The van der Waals surface area contributed by atoms with Crippen molar-refractivity contribution in [2.75, 3.05) is 85.8 Å². The number of ether oxygens (including phenoxy) is 3. The number of thioether (sulfide) groups is 1. The van der Waals surface area contributed by atoms with Crippen LogP contribution < -0.4 is 53.6 Å². The van der Waals surface area contributed by atoms with Gasteiger partial charge in [-0.05, 0) is 94.6 Å². The Kier molecular flexibility index (Phi) is 39.0. The van der Waals surface area contributed by atoms with Gasteiger partial charge in [0.2, 0.25) is 88.6 Å². The second kappa shape index (κ2) is 50.7. The van der Waals surface area contributed by atoms with E-state index in [1.165, 1.54) is 76.8 Å². The van der Waals surface area contributed by atoms with Crippen LogP contribution in [-0.2, 0) is 129 Å². The molecule has 3 aliphatic heterocycles. The molecule has 38 nitrogen and oxygen atoms in total. The summed E-state index contributed by atoms with van der Waals surface area (Å²) >= 11 is 0.642. The molecule has 10 rings (SSSR count). The molecule has 14 atom stereocenters. The van der Waals surface area contributed by atoms with Crippen molar-refractivity contribution in [3.8, 4) is 11.5 Å². The van der Waals surface area contributed by atoms with E-state index in [-0.39, 0.29) is 88.2 Å². The molecule has 0 aliphatic carbocycles. The number of H-pyrrole nitrogens is 1. The van der Waals surface area contributed by atoms with Crippen LogP contribution in [0.4, 0.5) is 13.2 Å². The number of nitrogens with zero attached hydrogens (tertiary/aromatic N) is 5. The van der Waals surface area contributed by atoms with Crippen molar-refractivity contribution in [3.63, 3.8) is 0 Å². The SMILES string of the molecule is CCCC[C@H]1C(=O)N2C[C@H](O)C[C@@H]2C(=O)N[C@@H](COC=O)C(=O)N[C@@H](C(C)C)C(=O)N(C)[C@@H](Cc2ccccc2)C(=O)N[C@@H](Cc2ccc(O)cc2)C(=O)N2CCOC[C@@H]2C(=O)N[C@@H](Cc2c[nH]c3ccccc23)C(=O)N[C@@H](Cc2ccc(O)cc2)C(=O)N[C@@H](CCOC)C(=O)N[C@H](C(=O)NCC(N)=O)CSCC(=O)N[C@@H](Cc2cc(F)c(F)c(F)c2)C(=O)N(C)[C@@H](Cc2ccccc2)C(=O)N1C. The lowest BCUT2D eigenvalue weighted by Gasteiger charge is -2.38. The molecule has 0 unspecified atom stereocenters. The number of unbranched alkanes of at least 4 members (excludes halogenated alkanes) is 1. The van der Waals surface area contributed by atoms with E-state index in [1.807, 2.05) is 0 Å². The van der Waals surface area contributed by atoms with E-state index < -0.39 is 254 Å². The Morgan fingerprint density at radius 1 is 0.558 bits per heavy atom. The van der Waals surface area contributed by atoms with Crippen LogP contribution >= 0.6 is 11.8 Å². The number of morpholine rings is 1. The molecule has 3 saturated heterocycles. The Morgan fingerprint density at radius 3 is 1.69 bits per heavy atom. The third-order valence-electron chi connectivity index (χ3n) is 24.1. The maximum Gasteiger partial charge on any atom is 0.293 e. The van der Waals surface area contributed by atoms with Crippen LogP contribution in [0.2, 0.25) is 0 Å². The monoisotopic (exact) mass is 1930 g/mol. The molecule has 1 aromatic heterocycles. The molecule has 0 saturated carbocycles. The summed E-state index contributed by atoms with van der Waals surface area (Å²) in [6.07, 6.45) is -2.55. The zero-order valence-electron chi connectivity index (χ0n) is 77.3. The number of aromatic hydroxyl groups is 2. The maximum atomic E-state index is 15.9. The first kappa shape index (κ1) is 106. The van der Waals surface area contributed by atoms with Gasteiger partial charge in [0.25, 0.3) is 6.47 Å². The molecule has 3 aliphatic rings. The highest BCUT2D eigenvalue weighted by molar-refractivity contribution is 8.00. The summed E-state index contributed by atoms with van der Waals surface area (Å²) < 4.78 is 61.6. The van der Waals surface area contributed by atoms with E-state index in [1.54, 1.807) is 112 Å². The summed E-state index contributed by atoms with van der Waals surface area (Å²) in [5.41, 5.74) is 7.74. The molecule has 0 radical (unpaired) electrons. The van der Waals surface area contributed by atoms with E-state index in [0.717, 1.165) is 24.5 Å². The number of halogens is 3. The van der Waals surface area contributed by atoms with Gasteiger partial charge in [0.15, 0.2) is 17.5 Å². The first-order chi connectivity index (χ1) is 65.9. The first-order valence-electron chi connectivity index (χ1n) is 45.0. The van der Waals surface area contributed by atoms with Gasteiger partial charge in [0.05, 0.1) is 31.6 Å². The third-order valence-corrected chi connectivity index (χ3v) is 25.2. The van der Waals surface area contributed by atoms with Crippen molar-refractivity contribution in [1.82, 2.24) is 77.3 Å². The molecule has 15 amide bonds. The number of carbonyl (C=O) groups excluding carboxylic acids is 16. The number of likely N-dealkylation sites (N-methyl/N-ethyl adjacent to an activating group) is 3. The number of aliphatic hydroxyl groups is 1. The number of hydrogen-bond acceptors (Lipinski definition) is 23. The molecule has 4 heterocycles. The number of phenols is 2. The standard InChI is InChI=1S/C96H117F3N16O22S/c1-8-9-24-75-95(133)115-48-63(119)45-77(115)90(128)108-73(49-137-53-116)88(126)110-83(54(2)3)96(134)112(5)76(42-55-18-12-10-13-19-55)89(127)107-72(40-58-27-31-62(118)32-28-58)93(131)114-34-36-136-50-79(114)91(129)106-70(44-60-46-101-67-23-17-16-22-64(60)67)87(125)105-69(39-57-25-29-61(117)30-26-57)86(124)104-68(33-35-135-7)85(123)109-74(84(122)102-47-80(100)120)51-138-52-81(121)103-71(41-59-37-65(97)82(99)66(98)38-59)92(130)113(6)78(94(132)111(75)4)43-56-20-14-11-15-21-56/h10-23,25-32,37-38,46,53-54,63,68-79,83,101,117-119H,8-9,24,33-36,39-45,47-52H2,1-7H3,(H2,100,120)(H,102,122)(H,103,121)(H,104,124)(H,105,125)(H,106,129)(H,107,127)(H,108,128)(H,109,123)(H,110,126)/t63-,68+,69+,70+,71+,72+,73+,74+,75+,76+,77-,78+,79-,83+/m1/s1. The largest absolute Gasteiger partial charge is 0.508 e. The van der Waals surface area contributed by atoms with E-state index in [2.05, 4.69) is 52.8 Å². The Balaban J connectivity index is 1.07. The highest BCUT2D eigenvalue weighted by Gasteiger charge is 2.48. The van der Waals surface area contributed by atoms with E-state index in [0.29, 0.717) is 69.0 Å². The molecule has 0 spiro atoms. The fraction of sp³-hybridized carbons (Fsp3) is 0.438. The lowest BCUT2D eigenvalue weighted by molar-refractivity contribution is -0.152. The fourth-order valence-electron chi connectivity index (χ4n) is 16.5. The van der Waals surface area contributed by atoms with Crippen molar-refractivity contribution in [1.29, 1.82) is 0 Å². The van der Waals surface area contributed by atoms with Gasteiger partial charge in [-0.15, -0.1) is 11.8 Å². The predicted octanol–water partition coefficient (Wildman–Crippen LogP) is 0.705. The predicted molar refractivity (Wildman–Crippen MR) is 496 cm³/mol. The Morgan fingerprint density at radius 2 is 1.08 bits per heavy atom. The van der Waals surface area contributed by atoms with Gasteiger partial charge in [-0.1, -0.05) is 137 Å². The number of carbonyl (C=O) groups is 16. The maximum absolute atomic E-state index is 15.9. The van der Waals surface area contributed by atoms with Crippen LogP contribution in [0.25, 0.3) is 10.9 Å². The summed E-state index contributed by atoms with van der Waals surface area (Å²) in [6, 6.07) is 13.9. The number of nitrogens with one attached hydrogen (secondary N) is 10. The van der Waals surface area contributed by atoms with Gasteiger partial charge in [-0.3, -0.25) is 76.7 Å². The summed E-state index contributed by atoms with van der Waals surface area (Å²) in [5, 5.41) is 56.5. The normalized spacial score (nSPS) is 23.7. The van der Waals surface area contributed by atoms with Crippen LogP contribution in [0.5, 0.6) is 11.5 Å². The number of primary amides is 1. The summed E-state index contributed by atoms with van der Waals surface area (Å²) in [5.74, 6) is -23.0. The van der Waals surface area contributed by atoms with Gasteiger partial charge in [0.1, 0.15) is 96.6 Å². The smallest absolute Gasteiger partial charge is 0.293 e. The second-order valence-corrected chi connectivity index (χ2v) is 35.5. The van der Waals surface area contributed by atoms with Crippen molar-refractivity contribution in [2.24, 2.45) is 11.7 Å².